The number of rotatable bonds is 6. The van der Waals surface area contributed by atoms with E-state index in [9.17, 15) is 5.11 Å². The average Bonchev–Trinajstić information content (AvgIpc) is 2.46. The number of hydrogen-bond donors (Lipinski definition) is 2. The van der Waals surface area contributed by atoms with Crippen LogP contribution in [0.1, 0.15) is 25.0 Å². The Hall–Kier alpha value is -2.00. The van der Waals surface area contributed by atoms with Crippen molar-refractivity contribution in [2.45, 2.75) is 33.1 Å². The molecule has 0 aliphatic rings. The molecule has 0 saturated heterocycles. The number of aliphatic hydroxyl groups is 1. The minimum Gasteiger partial charge on any atom is -0.491 e. The average molecular weight is 271 g/mol. The Morgan fingerprint density at radius 1 is 1.00 bits per heavy atom. The molecular weight excluding hydrogens is 250 g/mol. The first-order valence-electron chi connectivity index (χ1n) is 6.88. The van der Waals surface area contributed by atoms with E-state index in [2.05, 4.69) is 5.32 Å². The second-order valence-electron chi connectivity index (χ2n) is 4.94. The highest BCUT2D eigenvalue weighted by Gasteiger charge is 2.06. The number of para-hydroxylation sites is 2. The zero-order valence-electron chi connectivity index (χ0n) is 12.0. The lowest BCUT2D eigenvalue weighted by molar-refractivity contribution is 0.240. The van der Waals surface area contributed by atoms with Crippen molar-refractivity contribution in [1.29, 1.82) is 0 Å². The SMILES string of the molecule is CC(C)Oc1ccccc1CNc1ccccc1CO. The van der Waals surface area contributed by atoms with E-state index >= 15 is 0 Å². The van der Waals surface area contributed by atoms with Crippen molar-refractivity contribution in [2.24, 2.45) is 0 Å². The number of hydrogen-bond acceptors (Lipinski definition) is 3. The second kappa shape index (κ2) is 6.96. The molecule has 0 saturated carbocycles. The van der Waals surface area contributed by atoms with Gasteiger partial charge in [0.05, 0.1) is 12.7 Å². The van der Waals surface area contributed by atoms with Crippen LogP contribution in [0, 0.1) is 0 Å². The maximum absolute atomic E-state index is 9.32. The third-order valence-corrected chi connectivity index (χ3v) is 2.99. The van der Waals surface area contributed by atoms with Gasteiger partial charge < -0.3 is 15.2 Å². The fraction of sp³-hybridized carbons (Fsp3) is 0.294. The lowest BCUT2D eigenvalue weighted by Gasteiger charge is -2.16. The zero-order valence-corrected chi connectivity index (χ0v) is 12.0. The van der Waals surface area contributed by atoms with Crippen LogP contribution in [0.4, 0.5) is 5.69 Å². The lowest BCUT2D eigenvalue weighted by atomic mass is 10.1. The van der Waals surface area contributed by atoms with Crippen LogP contribution in [-0.2, 0) is 13.2 Å². The molecule has 3 heteroatoms. The summed E-state index contributed by atoms with van der Waals surface area (Å²) < 4.78 is 5.80. The molecule has 0 aromatic heterocycles. The zero-order chi connectivity index (χ0) is 14.4. The molecule has 0 aliphatic carbocycles. The number of nitrogens with one attached hydrogen (secondary N) is 1. The van der Waals surface area contributed by atoms with Gasteiger partial charge in [-0.15, -0.1) is 0 Å². The molecule has 0 amide bonds. The van der Waals surface area contributed by atoms with Gasteiger partial charge in [-0.25, -0.2) is 0 Å². The van der Waals surface area contributed by atoms with Crippen LogP contribution in [-0.4, -0.2) is 11.2 Å². The van der Waals surface area contributed by atoms with E-state index in [0.717, 1.165) is 22.6 Å². The van der Waals surface area contributed by atoms with Crippen LogP contribution in [0.2, 0.25) is 0 Å². The molecule has 0 aliphatic heterocycles. The minimum atomic E-state index is 0.0350. The molecule has 3 nitrogen and oxygen atoms in total. The van der Waals surface area contributed by atoms with Crippen molar-refractivity contribution in [3.8, 4) is 5.75 Å². The van der Waals surface area contributed by atoms with Gasteiger partial charge in [0.15, 0.2) is 0 Å². The predicted octanol–water partition coefficient (Wildman–Crippen LogP) is 3.58. The molecule has 106 valence electrons. The van der Waals surface area contributed by atoms with E-state index in [-0.39, 0.29) is 12.7 Å². The molecular formula is C17H21NO2. The molecule has 2 N–H and O–H groups in total. The summed E-state index contributed by atoms with van der Waals surface area (Å²) in [6.45, 7) is 4.74. The van der Waals surface area contributed by atoms with Crippen LogP contribution in [0.5, 0.6) is 5.75 Å². The van der Waals surface area contributed by atoms with Crippen molar-refractivity contribution in [1.82, 2.24) is 0 Å². The summed E-state index contributed by atoms with van der Waals surface area (Å²) in [6.07, 6.45) is 0.154. The summed E-state index contributed by atoms with van der Waals surface area (Å²) in [7, 11) is 0. The molecule has 2 rings (SSSR count). The van der Waals surface area contributed by atoms with Crippen molar-refractivity contribution in [3.05, 3.63) is 59.7 Å². The molecule has 0 bridgehead atoms. The Balaban J connectivity index is 2.11. The third kappa shape index (κ3) is 3.75. The molecule has 0 spiro atoms. The van der Waals surface area contributed by atoms with Gasteiger partial charge >= 0.3 is 0 Å². The quantitative estimate of drug-likeness (QED) is 0.843. The molecule has 2 aromatic carbocycles. The summed E-state index contributed by atoms with van der Waals surface area (Å²) in [5, 5.41) is 12.7. The lowest BCUT2D eigenvalue weighted by Crippen LogP contribution is -2.09. The standard InChI is InChI=1S/C17H21NO2/c1-13(2)20-17-10-6-4-7-14(17)11-18-16-9-5-3-8-15(16)12-19/h3-10,13,18-19H,11-12H2,1-2H3. The largest absolute Gasteiger partial charge is 0.491 e. The van der Waals surface area contributed by atoms with Crippen LogP contribution < -0.4 is 10.1 Å². The molecule has 0 radical (unpaired) electrons. The highest BCUT2D eigenvalue weighted by atomic mass is 16.5. The van der Waals surface area contributed by atoms with Gasteiger partial charge in [0, 0.05) is 23.4 Å². The Kier molecular flexibility index (Phi) is 5.02. The fourth-order valence-electron chi connectivity index (χ4n) is 2.04. The number of aliphatic hydroxyl groups excluding tert-OH is 1. The van der Waals surface area contributed by atoms with E-state index in [1.807, 2.05) is 62.4 Å². The summed E-state index contributed by atoms with van der Waals surface area (Å²) in [4.78, 5) is 0. The van der Waals surface area contributed by atoms with Gasteiger partial charge in [0.25, 0.3) is 0 Å². The Morgan fingerprint density at radius 2 is 1.65 bits per heavy atom. The maximum atomic E-state index is 9.32. The summed E-state index contributed by atoms with van der Waals surface area (Å²) in [6, 6.07) is 15.8. The molecule has 2 aromatic rings. The Morgan fingerprint density at radius 3 is 2.35 bits per heavy atom. The van der Waals surface area contributed by atoms with Crippen molar-refractivity contribution >= 4 is 5.69 Å². The second-order valence-corrected chi connectivity index (χ2v) is 4.94. The van der Waals surface area contributed by atoms with Crippen molar-refractivity contribution < 1.29 is 9.84 Å². The van der Waals surface area contributed by atoms with Crippen molar-refractivity contribution in [2.75, 3.05) is 5.32 Å². The smallest absolute Gasteiger partial charge is 0.124 e. The summed E-state index contributed by atoms with van der Waals surface area (Å²) in [5.41, 5.74) is 2.96. The van der Waals surface area contributed by atoms with E-state index in [4.69, 9.17) is 4.74 Å². The number of anilines is 1. The number of benzene rings is 2. The van der Waals surface area contributed by atoms with Crippen molar-refractivity contribution in [3.63, 3.8) is 0 Å². The Bertz CT molecular complexity index is 552. The van der Waals surface area contributed by atoms with Gasteiger partial charge in [0.2, 0.25) is 0 Å². The van der Waals surface area contributed by atoms with E-state index in [0.29, 0.717) is 6.54 Å². The van der Waals surface area contributed by atoms with E-state index < -0.39 is 0 Å². The van der Waals surface area contributed by atoms with Gasteiger partial charge in [-0.2, -0.15) is 0 Å². The summed E-state index contributed by atoms with van der Waals surface area (Å²) >= 11 is 0. The first kappa shape index (κ1) is 14.4. The van der Waals surface area contributed by atoms with Gasteiger partial charge in [-0.05, 0) is 26.0 Å². The van der Waals surface area contributed by atoms with E-state index in [1.54, 1.807) is 0 Å². The fourth-order valence-corrected chi connectivity index (χ4v) is 2.04. The Labute approximate surface area is 120 Å². The first-order chi connectivity index (χ1) is 9.70. The van der Waals surface area contributed by atoms with Crippen LogP contribution in [0.15, 0.2) is 48.5 Å². The third-order valence-electron chi connectivity index (χ3n) is 2.99. The van der Waals surface area contributed by atoms with Gasteiger partial charge in [-0.3, -0.25) is 0 Å². The normalized spacial score (nSPS) is 10.6. The molecule has 0 atom stereocenters. The number of ether oxygens (including phenoxy) is 1. The summed E-state index contributed by atoms with van der Waals surface area (Å²) in [5.74, 6) is 0.900. The molecule has 20 heavy (non-hydrogen) atoms. The molecule has 0 heterocycles. The molecule has 0 fully saturated rings. The van der Waals surface area contributed by atoms with Gasteiger partial charge in [0.1, 0.15) is 5.75 Å². The maximum Gasteiger partial charge on any atom is 0.124 e. The molecule has 0 unspecified atom stereocenters. The van der Waals surface area contributed by atoms with Crippen LogP contribution in [0.25, 0.3) is 0 Å². The monoisotopic (exact) mass is 271 g/mol. The highest BCUT2D eigenvalue weighted by molar-refractivity contribution is 5.51. The van der Waals surface area contributed by atoms with Gasteiger partial charge in [-0.1, -0.05) is 36.4 Å². The highest BCUT2D eigenvalue weighted by Crippen LogP contribution is 2.22. The first-order valence-corrected chi connectivity index (χ1v) is 6.88. The predicted molar refractivity (Wildman–Crippen MR) is 81.9 cm³/mol. The van der Waals surface area contributed by atoms with Crippen LogP contribution in [0.3, 0.4) is 0 Å². The topological polar surface area (TPSA) is 41.5 Å². The van der Waals surface area contributed by atoms with Crippen LogP contribution >= 0.6 is 0 Å². The van der Waals surface area contributed by atoms with E-state index in [1.165, 1.54) is 0 Å². The minimum absolute atomic E-state index is 0.0350.